The highest BCUT2D eigenvalue weighted by Gasteiger charge is 2.35. The quantitative estimate of drug-likeness (QED) is 0.862. The highest BCUT2D eigenvalue weighted by Crippen LogP contribution is 2.30. The molecule has 21 heavy (non-hydrogen) atoms. The number of nitrogens with two attached hydrogens (primary N) is 1. The number of nitrogens with zero attached hydrogens (tertiary/aromatic N) is 2. The van der Waals surface area contributed by atoms with Crippen molar-refractivity contribution in [3.8, 4) is 0 Å². The molecule has 120 valence electrons. The molecule has 0 aromatic carbocycles. The number of primary amides is 1. The van der Waals surface area contributed by atoms with E-state index in [0.29, 0.717) is 5.92 Å². The van der Waals surface area contributed by atoms with Gasteiger partial charge >= 0.3 is 0 Å². The summed E-state index contributed by atoms with van der Waals surface area (Å²) in [7, 11) is 0. The van der Waals surface area contributed by atoms with Gasteiger partial charge in [-0.25, -0.2) is 0 Å². The fourth-order valence-electron chi connectivity index (χ4n) is 4.81. The molecule has 2 aliphatic carbocycles. The van der Waals surface area contributed by atoms with E-state index in [-0.39, 0.29) is 11.9 Å². The van der Waals surface area contributed by atoms with Crippen molar-refractivity contribution in [3.05, 3.63) is 0 Å². The van der Waals surface area contributed by atoms with Crippen LogP contribution in [0.25, 0.3) is 0 Å². The Labute approximate surface area is 129 Å². The number of rotatable bonds is 4. The molecule has 2 saturated carbocycles. The van der Waals surface area contributed by atoms with Gasteiger partial charge in [0.15, 0.2) is 0 Å². The molecule has 0 aromatic rings. The Hall–Kier alpha value is -0.610. The summed E-state index contributed by atoms with van der Waals surface area (Å²) in [5, 5.41) is 0. The summed E-state index contributed by atoms with van der Waals surface area (Å²) in [6.07, 6.45) is 11.8. The van der Waals surface area contributed by atoms with Gasteiger partial charge in [0.05, 0.1) is 6.04 Å². The van der Waals surface area contributed by atoms with E-state index in [0.717, 1.165) is 32.2 Å². The van der Waals surface area contributed by atoms with Crippen molar-refractivity contribution in [1.29, 1.82) is 0 Å². The molecule has 3 fully saturated rings. The topological polar surface area (TPSA) is 49.6 Å². The Morgan fingerprint density at radius 3 is 2.00 bits per heavy atom. The lowest BCUT2D eigenvalue weighted by molar-refractivity contribution is -0.126. The summed E-state index contributed by atoms with van der Waals surface area (Å²) in [6.45, 7) is 4.31. The van der Waals surface area contributed by atoms with Gasteiger partial charge in [-0.3, -0.25) is 14.6 Å². The lowest BCUT2D eigenvalue weighted by atomic mass is 9.82. The SMILES string of the molecule is NC(=O)C(C1CCCCC1)N1CCN(C2CCCC2)CC1. The Balaban J connectivity index is 1.56. The van der Waals surface area contributed by atoms with Gasteiger partial charge in [0.2, 0.25) is 5.91 Å². The third-order valence-electron chi connectivity index (χ3n) is 5.97. The van der Waals surface area contributed by atoms with Crippen LogP contribution in [0.3, 0.4) is 0 Å². The van der Waals surface area contributed by atoms with Crippen molar-refractivity contribution in [2.24, 2.45) is 11.7 Å². The molecule has 0 aromatic heterocycles. The summed E-state index contributed by atoms with van der Waals surface area (Å²) in [5.74, 6) is 0.422. The molecule has 3 rings (SSSR count). The maximum absolute atomic E-state index is 12.0. The van der Waals surface area contributed by atoms with E-state index in [4.69, 9.17) is 5.73 Å². The zero-order chi connectivity index (χ0) is 14.7. The highest BCUT2D eigenvalue weighted by molar-refractivity contribution is 5.80. The van der Waals surface area contributed by atoms with Crippen LogP contribution in [0.15, 0.2) is 0 Å². The fourth-order valence-corrected chi connectivity index (χ4v) is 4.81. The monoisotopic (exact) mass is 293 g/mol. The predicted molar refractivity (Wildman–Crippen MR) is 85.0 cm³/mol. The van der Waals surface area contributed by atoms with Crippen LogP contribution in [0.4, 0.5) is 0 Å². The van der Waals surface area contributed by atoms with Gasteiger partial charge < -0.3 is 5.73 Å². The van der Waals surface area contributed by atoms with Crippen LogP contribution in [0, 0.1) is 5.92 Å². The van der Waals surface area contributed by atoms with Crippen molar-refractivity contribution >= 4 is 5.91 Å². The summed E-state index contributed by atoms with van der Waals surface area (Å²) >= 11 is 0. The molecule has 0 radical (unpaired) electrons. The van der Waals surface area contributed by atoms with Crippen molar-refractivity contribution in [1.82, 2.24) is 9.80 Å². The molecule has 1 aliphatic heterocycles. The van der Waals surface area contributed by atoms with Gasteiger partial charge in [-0.05, 0) is 31.6 Å². The van der Waals surface area contributed by atoms with Crippen LogP contribution in [0.1, 0.15) is 57.8 Å². The highest BCUT2D eigenvalue weighted by atomic mass is 16.1. The Morgan fingerprint density at radius 1 is 0.857 bits per heavy atom. The van der Waals surface area contributed by atoms with Gasteiger partial charge in [-0.15, -0.1) is 0 Å². The van der Waals surface area contributed by atoms with Gasteiger partial charge in [0.25, 0.3) is 0 Å². The third kappa shape index (κ3) is 3.59. The lowest BCUT2D eigenvalue weighted by Gasteiger charge is -2.43. The van der Waals surface area contributed by atoms with Crippen molar-refractivity contribution < 1.29 is 4.79 Å². The van der Waals surface area contributed by atoms with E-state index in [9.17, 15) is 4.79 Å². The molecule has 1 atom stereocenters. The largest absolute Gasteiger partial charge is 0.368 e. The molecule has 1 saturated heterocycles. The van der Waals surface area contributed by atoms with Crippen LogP contribution < -0.4 is 5.73 Å². The second kappa shape index (κ2) is 7.10. The summed E-state index contributed by atoms with van der Waals surface area (Å²) in [5.41, 5.74) is 5.76. The second-order valence-electron chi connectivity index (χ2n) is 7.26. The molecule has 0 spiro atoms. The first-order valence-electron chi connectivity index (χ1n) is 9.03. The van der Waals surface area contributed by atoms with E-state index >= 15 is 0 Å². The van der Waals surface area contributed by atoms with Crippen molar-refractivity contribution in [2.75, 3.05) is 26.2 Å². The third-order valence-corrected chi connectivity index (χ3v) is 5.97. The van der Waals surface area contributed by atoms with E-state index in [1.165, 1.54) is 57.8 Å². The Kier molecular flexibility index (Phi) is 5.17. The van der Waals surface area contributed by atoms with E-state index in [1.807, 2.05) is 0 Å². The molecule has 1 heterocycles. The van der Waals surface area contributed by atoms with Crippen molar-refractivity contribution in [2.45, 2.75) is 69.9 Å². The van der Waals surface area contributed by atoms with E-state index in [1.54, 1.807) is 0 Å². The standard InChI is InChI=1S/C17H31N3O/c18-17(21)16(14-6-2-1-3-7-14)20-12-10-19(11-13-20)15-8-4-5-9-15/h14-16H,1-13H2,(H2,18,21). The molecule has 4 nitrogen and oxygen atoms in total. The summed E-state index contributed by atoms with van der Waals surface area (Å²) in [4.78, 5) is 17.1. The average Bonchev–Trinajstić information content (AvgIpc) is 3.03. The zero-order valence-corrected chi connectivity index (χ0v) is 13.3. The fraction of sp³-hybridized carbons (Fsp3) is 0.941. The molecule has 3 aliphatic rings. The van der Waals surface area contributed by atoms with Crippen LogP contribution in [-0.4, -0.2) is 54.0 Å². The molecule has 2 N–H and O–H groups in total. The minimum absolute atomic E-state index is 0.00368. The number of carbonyl (C=O) groups excluding carboxylic acids is 1. The number of carbonyl (C=O) groups is 1. The molecule has 1 amide bonds. The van der Waals surface area contributed by atoms with Gasteiger partial charge in [-0.2, -0.15) is 0 Å². The number of amides is 1. The van der Waals surface area contributed by atoms with Gasteiger partial charge in [0.1, 0.15) is 0 Å². The molecule has 1 unspecified atom stereocenters. The molecular weight excluding hydrogens is 262 g/mol. The zero-order valence-electron chi connectivity index (χ0n) is 13.3. The molecule has 4 heteroatoms. The smallest absolute Gasteiger partial charge is 0.235 e. The van der Waals surface area contributed by atoms with Crippen LogP contribution in [-0.2, 0) is 4.79 Å². The minimum Gasteiger partial charge on any atom is -0.368 e. The van der Waals surface area contributed by atoms with Crippen LogP contribution in [0.2, 0.25) is 0 Å². The van der Waals surface area contributed by atoms with Gasteiger partial charge in [0, 0.05) is 32.2 Å². The van der Waals surface area contributed by atoms with Crippen LogP contribution >= 0.6 is 0 Å². The first-order chi connectivity index (χ1) is 10.3. The normalized spacial score (nSPS) is 28.8. The Morgan fingerprint density at radius 2 is 1.43 bits per heavy atom. The predicted octanol–water partition coefficient (Wildman–Crippen LogP) is 1.98. The van der Waals surface area contributed by atoms with Crippen LogP contribution in [0.5, 0.6) is 0 Å². The number of hydrogen-bond donors (Lipinski definition) is 1. The molecular formula is C17H31N3O. The first kappa shape index (κ1) is 15.3. The Bertz CT molecular complexity index is 340. The summed E-state index contributed by atoms with van der Waals surface area (Å²) in [6, 6.07) is 0.810. The average molecular weight is 293 g/mol. The van der Waals surface area contributed by atoms with E-state index < -0.39 is 0 Å². The lowest BCUT2D eigenvalue weighted by Crippen LogP contribution is -2.58. The minimum atomic E-state index is -0.0868. The number of hydrogen-bond acceptors (Lipinski definition) is 3. The maximum atomic E-state index is 12.0. The second-order valence-corrected chi connectivity index (χ2v) is 7.26. The van der Waals surface area contributed by atoms with E-state index in [2.05, 4.69) is 9.80 Å². The number of piperazine rings is 1. The molecule has 0 bridgehead atoms. The maximum Gasteiger partial charge on any atom is 0.235 e. The first-order valence-corrected chi connectivity index (χ1v) is 9.03. The van der Waals surface area contributed by atoms with Crippen molar-refractivity contribution in [3.63, 3.8) is 0 Å². The van der Waals surface area contributed by atoms with Gasteiger partial charge in [-0.1, -0.05) is 32.1 Å². The summed E-state index contributed by atoms with van der Waals surface area (Å²) < 4.78 is 0.